The van der Waals surface area contributed by atoms with E-state index in [4.69, 9.17) is 0 Å². The fourth-order valence-electron chi connectivity index (χ4n) is 2.78. The fraction of sp³-hybridized carbons (Fsp3) is 0.588. The van der Waals surface area contributed by atoms with Crippen LogP contribution in [-0.2, 0) is 11.3 Å². The molecule has 1 aliphatic rings. The predicted octanol–water partition coefficient (Wildman–Crippen LogP) is 2.91. The Balaban J connectivity index is 1.79. The number of hydrogen-bond donors (Lipinski definition) is 0. The van der Waals surface area contributed by atoms with Crippen molar-refractivity contribution in [2.24, 2.45) is 0 Å². The molecule has 0 saturated carbocycles. The van der Waals surface area contributed by atoms with Gasteiger partial charge in [0.2, 0.25) is 5.91 Å². The van der Waals surface area contributed by atoms with Gasteiger partial charge in [0, 0.05) is 26.1 Å². The zero-order valence-electron chi connectivity index (χ0n) is 12.6. The van der Waals surface area contributed by atoms with Gasteiger partial charge in [0.25, 0.3) is 0 Å². The third-order valence-corrected chi connectivity index (χ3v) is 4.04. The second-order valence-corrected chi connectivity index (χ2v) is 5.55. The van der Waals surface area contributed by atoms with E-state index in [1.165, 1.54) is 24.8 Å². The first-order chi connectivity index (χ1) is 9.79. The second kappa shape index (κ2) is 8.05. The summed E-state index contributed by atoms with van der Waals surface area (Å²) in [6, 6.07) is 10.2. The molecule has 0 unspecified atom stereocenters. The molecule has 1 saturated heterocycles. The maximum Gasteiger partial charge on any atom is 0.224 e. The first-order valence-electron chi connectivity index (χ1n) is 7.83. The standard InChI is InChI=1S/C17H26N2O/c1-2-19(15-16-9-5-3-6-10-16)17(20)11-14-18-12-7-4-8-13-18/h3,5-6,9-10H,2,4,7-8,11-15H2,1H3. The number of rotatable bonds is 6. The Hall–Kier alpha value is -1.35. The van der Waals surface area contributed by atoms with Crippen molar-refractivity contribution in [3.8, 4) is 0 Å². The zero-order chi connectivity index (χ0) is 14.2. The molecule has 3 heteroatoms. The lowest BCUT2D eigenvalue weighted by atomic mass is 10.1. The van der Waals surface area contributed by atoms with Crippen molar-refractivity contribution in [1.29, 1.82) is 0 Å². The summed E-state index contributed by atoms with van der Waals surface area (Å²) >= 11 is 0. The van der Waals surface area contributed by atoms with E-state index in [1.807, 2.05) is 23.1 Å². The number of benzene rings is 1. The minimum absolute atomic E-state index is 0.280. The molecule has 0 atom stereocenters. The number of amides is 1. The fourth-order valence-corrected chi connectivity index (χ4v) is 2.78. The third-order valence-electron chi connectivity index (χ3n) is 4.04. The summed E-state index contributed by atoms with van der Waals surface area (Å²) in [5, 5.41) is 0. The van der Waals surface area contributed by atoms with E-state index >= 15 is 0 Å². The Morgan fingerprint density at radius 2 is 1.85 bits per heavy atom. The summed E-state index contributed by atoms with van der Waals surface area (Å²) < 4.78 is 0. The number of nitrogens with zero attached hydrogens (tertiary/aromatic N) is 2. The summed E-state index contributed by atoms with van der Waals surface area (Å²) in [4.78, 5) is 16.7. The van der Waals surface area contributed by atoms with Gasteiger partial charge in [-0.2, -0.15) is 0 Å². The van der Waals surface area contributed by atoms with Gasteiger partial charge >= 0.3 is 0 Å². The summed E-state index contributed by atoms with van der Waals surface area (Å²) in [6.07, 6.45) is 4.58. The summed E-state index contributed by atoms with van der Waals surface area (Å²) in [5.74, 6) is 0.280. The first kappa shape index (κ1) is 15.0. The van der Waals surface area contributed by atoms with Crippen LogP contribution in [0.5, 0.6) is 0 Å². The number of carbonyl (C=O) groups excluding carboxylic acids is 1. The number of likely N-dealkylation sites (tertiary alicyclic amines) is 1. The third kappa shape index (κ3) is 4.64. The van der Waals surface area contributed by atoms with Gasteiger partial charge in [0.15, 0.2) is 0 Å². The highest BCUT2D eigenvalue weighted by Gasteiger charge is 2.15. The highest BCUT2D eigenvalue weighted by Crippen LogP contribution is 2.10. The van der Waals surface area contributed by atoms with Crippen LogP contribution >= 0.6 is 0 Å². The molecule has 0 spiro atoms. The van der Waals surface area contributed by atoms with E-state index in [1.54, 1.807) is 0 Å². The van der Waals surface area contributed by atoms with Crippen molar-refractivity contribution < 1.29 is 4.79 Å². The quantitative estimate of drug-likeness (QED) is 0.796. The highest BCUT2D eigenvalue weighted by molar-refractivity contribution is 5.76. The van der Waals surface area contributed by atoms with Crippen LogP contribution in [0, 0.1) is 0 Å². The average Bonchev–Trinajstić information content (AvgIpc) is 2.52. The van der Waals surface area contributed by atoms with E-state index in [-0.39, 0.29) is 5.91 Å². The molecule has 1 aromatic carbocycles. The predicted molar refractivity (Wildman–Crippen MR) is 82.4 cm³/mol. The van der Waals surface area contributed by atoms with E-state index in [0.717, 1.165) is 32.7 Å². The molecule has 0 aromatic heterocycles. The molecule has 0 aliphatic carbocycles. The Morgan fingerprint density at radius 1 is 1.15 bits per heavy atom. The number of hydrogen-bond acceptors (Lipinski definition) is 2. The molecule has 2 rings (SSSR count). The lowest BCUT2D eigenvalue weighted by Crippen LogP contribution is -2.36. The van der Waals surface area contributed by atoms with Gasteiger partial charge in [-0.25, -0.2) is 0 Å². The minimum atomic E-state index is 0.280. The Labute approximate surface area is 122 Å². The number of piperidine rings is 1. The Morgan fingerprint density at radius 3 is 2.50 bits per heavy atom. The van der Waals surface area contributed by atoms with Crippen LogP contribution in [0.1, 0.15) is 38.2 Å². The van der Waals surface area contributed by atoms with Crippen LogP contribution in [0.4, 0.5) is 0 Å². The van der Waals surface area contributed by atoms with Crippen LogP contribution in [0.2, 0.25) is 0 Å². The Bertz CT molecular complexity index is 399. The van der Waals surface area contributed by atoms with Gasteiger partial charge in [-0.3, -0.25) is 4.79 Å². The maximum atomic E-state index is 12.3. The van der Waals surface area contributed by atoms with Crippen molar-refractivity contribution in [2.75, 3.05) is 26.2 Å². The monoisotopic (exact) mass is 274 g/mol. The molecule has 3 nitrogen and oxygen atoms in total. The van der Waals surface area contributed by atoms with Gasteiger partial charge in [-0.05, 0) is 38.4 Å². The molecule has 0 radical (unpaired) electrons. The van der Waals surface area contributed by atoms with Gasteiger partial charge in [-0.15, -0.1) is 0 Å². The van der Waals surface area contributed by atoms with Crippen LogP contribution < -0.4 is 0 Å². The molecule has 20 heavy (non-hydrogen) atoms. The SMILES string of the molecule is CCN(Cc1ccccc1)C(=O)CCN1CCCCC1. The highest BCUT2D eigenvalue weighted by atomic mass is 16.2. The van der Waals surface area contributed by atoms with Crippen molar-refractivity contribution in [2.45, 2.75) is 39.2 Å². The van der Waals surface area contributed by atoms with E-state index in [2.05, 4.69) is 24.0 Å². The largest absolute Gasteiger partial charge is 0.339 e. The van der Waals surface area contributed by atoms with Crippen molar-refractivity contribution in [3.63, 3.8) is 0 Å². The Kier molecular flexibility index (Phi) is 6.06. The lowest BCUT2D eigenvalue weighted by Gasteiger charge is -2.27. The minimum Gasteiger partial charge on any atom is -0.339 e. The maximum absolute atomic E-state index is 12.3. The summed E-state index contributed by atoms with van der Waals surface area (Å²) in [5.41, 5.74) is 1.21. The van der Waals surface area contributed by atoms with Crippen molar-refractivity contribution >= 4 is 5.91 Å². The molecule has 0 N–H and O–H groups in total. The average molecular weight is 274 g/mol. The molecule has 0 bridgehead atoms. The van der Waals surface area contributed by atoms with Crippen LogP contribution in [0.25, 0.3) is 0 Å². The van der Waals surface area contributed by atoms with Crippen molar-refractivity contribution in [3.05, 3.63) is 35.9 Å². The van der Waals surface area contributed by atoms with Gasteiger partial charge in [0.1, 0.15) is 0 Å². The molecule has 1 fully saturated rings. The van der Waals surface area contributed by atoms with E-state index < -0.39 is 0 Å². The van der Waals surface area contributed by atoms with Crippen LogP contribution in [0.15, 0.2) is 30.3 Å². The molecule has 110 valence electrons. The molecular formula is C17H26N2O. The van der Waals surface area contributed by atoms with E-state index in [9.17, 15) is 4.79 Å². The van der Waals surface area contributed by atoms with Gasteiger partial charge in [-0.1, -0.05) is 36.8 Å². The topological polar surface area (TPSA) is 23.6 Å². The van der Waals surface area contributed by atoms with E-state index in [0.29, 0.717) is 6.42 Å². The van der Waals surface area contributed by atoms with Gasteiger partial charge in [0.05, 0.1) is 0 Å². The summed E-state index contributed by atoms with van der Waals surface area (Å²) in [6.45, 7) is 6.83. The van der Waals surface area contributed by atoms with Crippen LogP contribution in [-0.4, -0.2) is 41.9 Å². The van der Waals surface area contributed by atoms with Gasteiger partial charge < -0.3 is 9.80 Å². The van der Waals surface area contributed by atoms with Crippen LogP contribution in [0.3, 0.4) is 0 Å². The molecule has 1 amide bonds. The first-order valence-corrected chi connectivity index (χ1v) is 7.83. The zero-order valence-corrected chi connectivity index (χ0v) is 12.6. The smallest absolute Gasteiger partial charge is 0.224 e. The molecule has 1 aliphatic heterocycles. The molecule has 1 aromatic rings. The summed E-state index contributed by atoms with van der Waals surface area (Å²) in [7, 11) is 0. The normalized spacial score (nSPS) is 16.1. The molecular weight excluding hydrogens is 248 g/mol. The van der Waals surface area contributed by atoms with Crippen molar-refractivity contribution in [1.82, 2.24) is 9.80 Å². The molecule has 1 heterocycles. The second-order valence-electron chi connectivity index (χ2n) is 5.55. The number of carbonyl (C=O) groups is 1. The lowest BCUT2D eigenvalue weighted by molar-refractivity contribution is -0.132.